The van der Waals surface area contributed by atoms with Crippen LogP contribution in [0.5, 0.6) is 0 Å². The Morgan fingerprint density at radius 1 is 1.31 bits per heavy atom. The van der Waals surface area contributed by atoms with Crippen LogP contribution in [0.1, 0.15) is 44.5 Å². The highest BCUT2D eigenvalue weighted by atomic mass is 16.3. The summed E-state index contributed by atoms with van der Waals surface area (Å²) in [5.74, 6) is 0.555. The summed E-state index contributed by atoms with van der Waals surface area (Å²) in [6.07, 6.45) is 4.12. The van der Waals surface area contributed by atoms with Crippen LogP contribution >= 0.6 is 0 Å². The second-order valence-corrected chi connectivity index (χ2v) is 10.2. The fraction of sp³-hybridized carbons (Fsp3) is 0.565. The van der Waals surface area contributed by atoms with Crippen LogP contribution < -0.4 is 11.1 Å². The maximum atomic E-state index is 12.6. The molecule has 5 rings (SSSR count). The summed E-state index contributed by atoms with van der Waals surface area (Å²) in [6, 6.07) is 1.97. The molecule has 0 aromatic carbocycles. The summed E-state index contributed by atoms with van der Waals surface area (Å²) in [7, 11) is 0. The van der Waals surface area contributed by atoms with Crippen molar-refractivity contribution in [2.24, 2.45) is 23.5 Å². The highest BCUT2D eigenvalue weighted by molar-refractivity contribution is 6.02. The molecular weight excluding hydrogens is 450 g/mol. The molecule has 186 valence electrons. The lowest BCUT2D eigenvalue weighted by atomic mass is 9.93. The van der Waals surface area contributed by atoms with E-state index in [2.05, 4.69) is 32.7 Å². The quantitative estimate of drug-likeness (QED) is 0.466. The Balaban J connectivity index is 1.42. The van der Waals surface area contributed by atoms with Gasteiger partial charge in [0.1, 0.15) is 5.60 Å². The maximum Gasteiger partial charge on any atom is 0.253 e. The molecule has 35 heavy (non-hydrogen) atoms. The van der Waals surface area contributed by atoms with E-state index in [-0.39, 0.29) is 17.9 Å². The van der Waals surface area contributed by atoms with Crippen molar-refractivity contribution >= 4 is 23.0 Å². The van der Waals surface area contributed by atoms with Crippen LogP contribution in [0.2, 0.25) is 0 Å². The molecule has 0 unspecified atom stereocenters. The van der Waals surface area contributed by atoms with Crippen LogP contribution in [0.4, 0.5) is 5.69 Å². The second kappa shape index (κ2) is 8.29. The number of aliphatic hydroxyl groups is 1. The minimum atomic E-state index is -1.37. The van der Waals surface area contributed by atoms with Crippen molar-refractivity contribution < 1.29 is 14.7 Å². The van der Waals surface area contributed by atoms with E-state index in [0.717, 1.165) is 12.0 Å². The molecule has 2 fully saturated rings. The van der Waals surface area contributed by atoms with Gasteiger partial charge in [0.25, 0.3) is 11.8 Å². The standard InChI is InChI=1S/C23H31N9O3/c1-5-32-28-21(27-29-32)14-7-18-19(15(20(24)33)8-25-31(18)10-14)26-17-6-13-9-30(11-16(13)12(17)2)22(34)23(3,4)35/h7-8,10,12-13,16-17,26,35H,5-6,9,11H2,1-4H3,(H2,24,33)/t12-,13-,16-,17-/m1/s1. The van der Waals surface area contributed by atoms with Gasteiger partial charge in [-0.1, -0.05) is 6.92 Å². The van der Waals surface area contributed by atoms with E-state index in [9.17, 15) is 14.7 Å². The van der Waals surface area contributed by atoms with Gasteiger partial charge in [-0.15, -0.1) is 10.2 Å². The van der Waals surface area contributed by atoms with Crippen molar-refractivity contribution in [3.8, 4) is 11.4 Å². The van der Waals surface area contributed by atoms with Crippen molar-refractivity contribution in [1.82, 2.24) is 34.7 Å². The van der Waals surface area contributed by atoms with Gasteiger partial charge in [0, 0.05) is 30.9 Å². The van der Waals surface area contributed by atoms with Crippen LogP contribution in [-0.2, 0) is 11.3 Å². The molecule has 0 bridgehead atoms. The first-order chi connectivity index (χ1) is 16.6. The van der Waals surface area contributed by atoms with E-state index in [1.165, 1.54) is 24.8 Å². The zero-order chi connectivity index (χ0) is 25.1. The molecule has 4 heterocycles. The number of rotatable bonds is 6. The van der Waals surface area contributed by atoms with Gasteiger partial charge in [0.2, 0.25) is 5.82 Å². The molecule has 4 atom stereocenters. The molecule has 2 amide bonds. The topological polar surface area (TPSA) is 157 Å². The van der Waals surface area contributed by atoms with Crippen molar-refractivity contribution in [3.05, 3.63) is 24.0 Å². The molecule has 1 saturated heterocycles. The molecule has 1 aliphatic heterocycles. The Hall–Kier alpha value is -3.54. The number of aryl methyl sites for hydroxylation is 1. The van der Waals surface area contributed by atoms with E-state index < -0.39 is 11.5 Å². The lowest BCUT2D eigenvalue weighted by molar-refractivity contribution is -0.147. The maximum absolute atomic E-state index is 12.6. The van der Waals surface area contributed by atoms with Gasteiger partial charge in [-0.25, -0.2) is 4.52 Å². The molecule has 12 nitrogen and oxygen atoms in total. The summed E-state index contributed by atoms with van der Waals surface area (Å²) in [6.45, 7) is 9.01. The number of nitrogens with two attached hydrogens (primary N) is 1. The van der Waals surface area contributed by atoms with Gasteiger partial charge in [0.05, 0.1) is 29.5 Å². The van der Waals surface area contributed by atoms with Gasteiger partial charge < -0.3 is 21.1 Å². The number of nitrogens with zero attached hydrogens (tertiary/aromatic N) is 7. The first kappa shape index (κ1) is 23.2. The molecular formula is C23H31N9O3. The number of carbonyl (C=O) groups is 2. The lowest BCUT2D eigenvalue weighted by Crippen LogP contribution is -2.45. The number of hydrogen-bond acceptors (Lipinski definition) is 8. The molecule has 3 aromatic heterocycles. The summed E-state index contributed by atoms with van der Waals surface area (Å²) in [4.78, 5) is 28.1. The van der Waals surface area contributed by atoms with E-state index in [1.807, 2.05) is 13.0 Å². The molecule has 0 spiro atoms. The summed E-state index contributed by atoms with van der Waals surface area (Å²) >= 11 is 0. The summed E-state index contributed by atoms with van der Waals surface area (Å²) < 4.78 is 1.68. The van der Waals surface area contributed by atoms with Gasteiger partial charge in [-0.2, -0.15) is 9.90 Å². The summed E-state index contributed by atoms with van der Waals surface area (Å²) in [5, 5.41) is 30.6. The van der Waals surface area contributed by atoms with Crippen molar-refractivity contribution in [3.63, 3.8) is 0 Å². The van der Waals surface area contributed by atoms with Crippen LogP contribution in [0.15, 0.2) is 18.5 Å². The highest BCUT2D eigenvalue weighted by Crippen LogP contribution is 2.44. The number of fused-ring (bicyclic) bond motifs is 2. The molecule has 1 aliphatic carbocycles. The van der Waals surface area contributed by atoms with E-state index in [1.54, 1.807) is 15.6 Å². The average molecular weight is 482 g/mol. The number of aromatic nitrogens is 6. The number of nitrogens with one attached hydrogen (secondary N) is 1. The van der Waals surface area contributed by atoms with E-state index >= 15 is 0 Å². The summed E-state index contributed by atoms with van der Waals surface area (Å²) in [5.41, 5.74) is 6.71. The number of primary amides is 1. The van der Waals surface area contributed by atoms with Crippen molar-refractivity contribution in [2.75, 3.05) is 18.4 Å². The fourth-order valence-electron chi connectivity index (χ4n) is 5.52. The van der Waals surface area contributed by atoms with Crippen LogP contribution in [0.3, 0.4) is 0 Å². The fourth-order valence-corrected chi connectivity index (χ4v) is 5.52. The Bertz CT molecular complexity index is 1290. The van der Waals surface area contributed by atoms with Gasteiger partial charge in [0.15, 0.2) is 0 Å². The number of amides is 2. The Kier molecular flexibility index (Phi) is 5.50. The predicted octanol–water partition coefficient (Wildman–Crippen LogP) is 0.772. The average Bonchev–Trinajstić information content (AvgIpc) is 3.57. The van der Waals surface area contributed by atoms with E-state index in [0.29, 0.717) is 54.1 Å². The molecule has 3 aromatic rings. The van der Waals surface area contributed by atoms with Crippen molar-refractivity contribution in [2.45, 2.75) is 52.3 Å². The Morgan fingerprint density at radius 3 is 2.71 bits per heavy atom. The largest absolute Gasteiger partial charge is 0.381 e. The second-order valence-electron chi connectivity index (χ2n) is 10.2. The monoisotopic (exact) mass is 481 g/mol. The van der Waals surface area contributed by atoms with Crippen LogP contribution in [0.25, 0.3) is 16.9 Å². The number of anilines is 1. The van der Waals surface area contributed by atoms with Gasteiger partial charge in [-0.3, -0.25) is 9.59 Å². The zero-order valence-corrected chi connectivity index (χ0v) is 20.3. The van der Waals surface area contributed by atoms with Crippen LogP contribution in [-0.4, -0.2) is 76.4 Å². The third-order valence-corrected chi connectivity index (χ3v) is 7.40. The molecule has 4 N–H and O–H groups in total. The minimum absolute atomic E-state index is 0.0890. The Morgan fingerprint density at radius 2 is 2.09 bits per heavy atom. The minimum Gasteiger partial charge on any atom is -0.381 e. The molecule has 2 aliphatic rings. The number of likely N-dealkylation sites (tertiary alicyclic amines) is 1. The van der Waals surface area contributed by atoms with Crippen LogP contribution in [0, 0.1) is 17.8 Å². The van der Waals surface area contributed by atoms with Gasteiger partial charge >= 0.3 is 0 Å². The Labute approximate surface area is 202 Å². The first-order valence-electron chi connectivity index (χ1n) is 11.9. The molecule has 12 heteroatoms. The molecule has 0 radical (unpaired) electrons. The third kappa shape index (κ3) is 4.01. The third-order valence-electron chi connectivity index (χ3n) is 7.40. The number of hydrogen-bond donors (Lipinski definition) is 3. The SMILES string of the molecule is CCn1nnc(-c2cc3c(N[C@@H]4C[C@@H]5CN(C(=O)C(C)(C)O)C[C@@H]5[C@H]4C)c(C(N)=O)cnn3c2)n1. The van der Waals surface area contributed by atoms with E-state index in [4.69, 9.17) is 5.73 Å². The highest BCUT2D eigenvalue weighted by Gasteiger charge is 2.48. The predicted molar refractivity (Wildman–Crippen MR) is 127 cm³/mol. The van der Waals surface area contributed by atoms with Gasteiger partial charge in [-0.05, 0) is 56.2 Å². The number of tetrazole rings is 1. The molecule has 1 saturated carbocycles. The number of carbonyl (C=O) groups excluding carboxylic acids is 2. The smallest absolute Gasteiger partial charge is 0.253 e. The normalized spacial score (nSPS) is 24.2. The zero-order valence-electron chi connectivity index (χ0n) is 20.3. The van der Waals surface area contributed by atoms with Crippen molar-refractivity contribution in [1.29, 1.82) is 0 Å². The lowest BCUT2D eigenvalue weighted by Gasteiger charge is -2.28. The first-order valence-corrected chi connectivity index (χ1v) is 11.9.